The first-order chi connectivity index (χ1) is 13.7. The van der Waals surface area contributed by atoms with Crippen molar-refractivity contribution in [2.45, 2.75) is 10.8 Å². The van der Waals surface area contributed by atoms with Gasteiger partial charge in [0.1, 0.15) is 34.9 Å². The molecule has 3 aromatic carbocycles. The molecule has 0 aliphatic heterocycles. The average molecular weight is 370 g/mol. The Morgan fingerprint density at radius 3 is 1.18 bits per heavy atom. The molecule has 2 bridgehead atoms. The molecule has 0 aromatic heterocycles. The molecule has 0 unspecified atom stereocenters. The number of carbonyl (C=O) groups is 2. The monoisotopic (exact) mass is 370 g/mol. The van der Waals surface area contributed by atoms with Crippen molar-refractivity contribution >= 4 is 12.6 Å². The van der Waals surface area contributed by atoms with Crippen LogP contribution in [0.25, 0.3) is 0 Å². The summed E-state index contributed by atoms with van der Waals surface area (Å²) in [6, 6.07) is 18.9. The molecule has 4 heteroatoms. The topological polar surface area (TPSA) is 52.6 Å². The second-order valence-corrected chi connectivity index (χ2v) is 7.16. The van der Waals surface area contributed by atoms with Crippen LogP contribution in [0.1, 0.15) is 33.4 Å². The summed E-state index contributed by atoms with van der Waals surface area (Å²) >= 11 is 0. The second-order valence-electron chi connectivity index (χ2n) is 7.16. The van der Waals surface area contributed by atoms with Gasteiger partial charge in [-0.25, -0.2) is 0 Å². The van der Waals surface area contributed by atoms with Crippen LogP contribution in [-0.2, 0) is 20.4 Å². The van der Waals surface area contributed by atoms with Gasteiger partial charge in [-0.2, -0.15) is 0 Å². The van der Waals surface area contributed by atoms with E-state index in [-0.39, 0.29) is 0 Å². The van der Waals surface area contributed by atoms with Crippen molar-refractivity contribution in [3.63, 3.8) is 0 Å². The van der Waals surface area contributed by atoms with Gasteiger partial charge in [0.15, 0.2) is 0 Å². The normalized spacial score (nSPS) is 23.2. The first-order valence-corrected chi connectivity index (χ1v) is 9.09. The fraction of sp³-hybridized carbons (Fsp3) is 0.167. The molecular weight excluding hydrogens is 352 g/mol. The van der Waals surface area contributed by atoms with E-state index in [4.69, 9.17) is 9.47 Å². The van der Waals surface area contributed by atoms with Gasteiger partial charge in [0, 0.05) is 11.1 Å². The van der Waals surface area contributed by atoms with Crippen LogP contribution in [0, 0.1) is 0 Å². The van der Waals surface area contributed by atoms with Crippen molar-refractivity contribution in [2.24, 2.45) is 0 Å². The second kappa shape index (κ2) is 5.55. The molecule has 0 fully saturated rings. The van der Waals surface area contributed by atoms with Gasteiger partial charge in [0.25, 0.3) is 0 Å². The van der Waals surface area contributed by atoms with E-state index in [1.807, 2.05) is 48.5 Å². The zero-order chi connectivity index (χ0) is 19.5. The summed E-state index contributed by atoms with van der Waals surface area (Å²) in [5.41, 5.74) is 2.51. The third kappa shape index (κ3) is 1.58. The molecule has 4 nitrogen and oxygen atoms in total. The summed E-state index contributed by atoms with van der Waals surface area (Å²) in [6.45, 7) is 0. The van der Waals surface area contributed by atoms with Crippen molar-refractivity contribution in [1.82, 2.24) is 0 Å². The maximum Gasteiger partial charge on any atom is 0.139 e. The van der Waals surface area contributed by atoms with Crippen LogP contribution < -0.4 is 9.47 Å². The minimum atomic E-state index is -1.06. The van der Waals surface area contributed by atoms with Gasteiger partial charge >= 0.3 is 0 Å². The van der Waals surface area contributed by atoms with E-state index in [2.05, 4.69) is 0 Å². The summed E-state index contributed by atoms with van der Waals surface area (Å²) in [4.78, 5) is 25.8. The van der Waals surface area contributed by atoms with E-state index >= 15 is 0 Å². The van der Waals surface area contributed by atoms with Gasteiger partial charge in [-0.05, 0) is 34.4 Å². The lowest BCUT2D eigenvalue weighted by Gasteiger charge is -2.52. The molecule has 0 saturated carbocycles. The lowest BCUT2D eigenvalue weighted by atomic mass is 9.47. The average Bonchev–Trinajstić information content (AvgIpc) is 2.78. The molecule has 0 spiro atoms. The first kappa shape index (κ1) is 16.8. The Bertz CT molecular complexity index is 1010. The fourth-order valence-electron chi connectivity index (χ4n) is 5.23. The molecule has 0 heterocycles. The molecule has 28 heavy (non-hydrogen) atoms. The lowest BCUT2D eigenvalue weighted by molar-refractivity contribution is -0.113. The molecule has 0 atom stereocenters. The fourth-order valence-corrected chi connectivity index (χ4v) is 5.23. The molecule has 3 aromatic rings. The highest BCUT2D eigenvalue weighted by Crippen LogP contribution is 2.64. The number of carbonyl (C=O) groups excluding carboxylic acids is 2. The van der Waals surface area contributed by atoms with Crippen molar-refractivity contribution in [1.29, 1.82) is 0 Å². The molecule has 6 rings (SSSR count). The highest BCUT2D eigenvalue weighted by molar-refractivity contribution is 6.00. The van der Waals surface area contributed by atoms with Crippen molar-refractivity contribution < 1.29 is 19.1 Å². The maximum atomic E-state index is 12.9. The number of ether oxygens (including phenoxy) is 2. The van der Waals surface area contributed by atoms with Crippen molar-refractivity contribution in [2.75, 3.05) is 14.2 Å². The van der Waals surface area contributed by atoms with Crippen molar-refractivity contribution in [3.8, 4) is 11.5 Å². The lowest BCUT2D eigenvalue weighted by Crippen LogP contribution is -2.52. The van der Waals surface area contributed by atoms with Crippen LogP contribution in [0.2, 0.25) is 0 Å². The van der Waals surface area contributed by atoms with Crippen LogP contribution in [0.15, 0.2) is 60.7 Å². The summed E-state index contributed by atoms with van der Waals surface area (Å²) in [6.07, 6.45) is 1.94. The number of aldehydes is 2. The van der Waals surface area contributed by atoms with Gasteiger partial charge in [0.05, 0.1) is 14.2 Å². The van der Waals surface area contributed by atoms with E-state index in [0.717, 1.165) is 34.8 Å². The Balaban J connectivity index is 2.12. The van der Waals surface area contributed by atoms with Crippen LogP contribution in [0.5, 0.6) is 11.5 Å². The number of hydrogen-bond donors (Lipinski definition) is 0. The smallest absolute Gasteiger partial charge is 0.139 e. The predicted molar refractivity (Wildman–Crippen MR) is 104 cm³/mol. The molecule has 0 radical (unpaired) electrons. The highest BCUT2D eigenvalue weighted by atomic mass is 16.5. The summed E-state index contributed by atoms with van der Waals surface area (Å²) in [5, 5.41) is 0. The van der Waals surface area contributed by atoms with Gasteiger partial charge < -0.3 is 19.1 Å². The molecular formula is C24H18O4. The van der Waals surface area contributed by atoms with Crippen molar-refractivity contribution in [3.05, 3.63) is 94.0 Å². The Kier molecular flexibility index (Phi) is 3.32. The van der Waals surface area contributed by atoms with Gasteiger partial charge in [-0.1, -0.05) is 48.5 Å². The SMILES string of the molecule is COc1ccc(OC)c2c1C1(C=O)c3ccccc3C2(C=O)c2ccccc21. The molecule has 0 amide bonds. The summed E-state index contributed by atoms with van der Waals surface area (Å²) in [5.74, 6) is 1.14. The number of methoxy groups -OCH3 is 2. The largest absolute Gasteiger partial charge is 0.496 e. The zero-order valence-electron chi connectivity index (χ0n) is 15.6. The Hall–Kier alpha value is -3.40. The van der Waals surface area contributed by atoms with E-state index in [0.29, 0.717) is 22.6 Å². The quantitative estimate of drug-likeness (QED) is 0.661. The third-order valence-corrected chi connectivity index (χ3v) is 6.26. The molecule has 138 valence electrons. The minimum absolute atomic E-state index is 0.568. The molecule has 3 aliphatic carbocycles. The minimum Gasteiger partial charge on any atom is -0.496 e. The van der Waals surface area contributed by atoms with Crippen LogP contribution in [0.3, 0.4) is 0 Å². The molecule has 0 saturated heterocycles. The summed E-state index contributed by atoms with van der Waals surface area (Å²) < 4.78 is 11.4. The number of rotatable bonds is 4. The van der Waals surface area contributed by atoms with Crippen LogP contribution >= 0.6 is 0 Å². The van der Waals surface area contributed by atoms with E-state index in [1.54, 1.807) is 26.4 Å². The number of benzene rings is 3. The standard InChI is InChI=1S/C24H18O4/c1-27-19-11-12-20(28-2)22-21(19)23(13-25)15-7-3-5-9-17(15)24(22,14-26)18-10-6-4-8-16(18)23/h3-14H,1-2H3. The Morgan fingerprint density at radius 2 is 0.929 bits per heavy atom. The first-order valence-electron chi connectivity index (χ1n) is 9.09. The van der Waals surface area contributed by atoms with Crippen LogP contribution in [-0.4, -0.2) is 26.8 Å². The third-order valence-electron chi connectivity index (χ3n) is 6.26. The van der Waals surface area contributed by atoms with E-state index in [1.165, 1.54) is 0 Å². The highest BCUT2D eigenvalue weighted by Gasteiger charge is 2.61. The van der Waals surface area contributed by atoms with Crippen LogP contribution in [0.4, 0.5) is 0 Å². The zero-order valence-corrected chi connectivity index (χ0v) is 15.6. The Morgan fingerprint density at radius 1 is 0.607 bits per heavy atom. The summed E-state index contributed by atoms with van der Waals surface area (Å²) in [7, 11) is 3.16. The predicted octanol–water partition coefficient (Wildman–Crippen LogP) is 3.40. The van der Waals surface area contributed by atoms with E-state index < -0.39 is 10.8 Å². The van der Waals surface area contributed by atoms with Gasteiger partial charge in [-0.3, -0.25) is 0 Å². The van der Waals surface area contributed by atoms with Gasteiger partial charge in [-0.15, -0.1) is 0 Å². The van der Waals surface area contributed by atoms with E-state index in [9.17, 15) is 9.59 Å². The van der Waals surface area contributed by atoms with Gasteiger partial charge in [0.2, 0.25) is 0 Å². The molecule has 3 aliphatic rings. The maximum absolute atomic E-state index is 12.9. The molecule has 0 N–H and O–H groups in total. The number of hydrogen-bond acceptors (Lipinski definition) is 4. The Labute approximate surface area is 162 Å².